The van der Waals surface area contributed by atoms with Gasteiger partial charge in [-0.15, -0.1) is 0 Å². The number of aliphatic hydroxyl groups excluding tert-OH is 3. The summed E-state index contributed by atoms with van der Waals surface area (Å²) in [6.07, 6.45) is -4.44. The molecule has 0 aromatic carbocycles. The predicted octanol–water partition coefficient (Wildman–Crippen LogP) is -1.66. The summed E-state index contributed by atoms with van der Waals surface area (Å²) >= 11 is 0. The van der Waals surface area contributed by atoms with Crippen LogP contribution in [0.4, 0.5) is 0 Å². The molecule has 4 atom stereocenters. The lowest BCUT2D eigenvalue weighted by molar-refractivity contribution is -0.0571. The number of aromatic nitrogens is 2. The van der Waals surface area contributed by atoms with Gasteiger partial charge < -0.3 is 20.1 Å². The average molecular weight is 300 g/mol. The maximum atomic E-state index is 12.4. The SMILES string of the molecule is CCCn1c(C)cc(=O)n([C@@H]2O[C@H](CO)[C@@H](O)[C@H]2O)c1=O. The van der Waals surface area contributed by atoms with Gasteiger partial charge in [0.05, 0.1) is 6.61 Å². The van der Waals surface area contributed by atoms with Crippen LogP contribution in [0.5, 0.6) is 0 Å². The number of aryl methyl sites for hydroxylation is 1. The van der Waals surface area contributed by atoms with Crippen molar-refractivity contribution in [2.75, 3.05) is 6.61 Å². The zero-order valence-corrected chi connectivity index (χ0v) is 12.0. The van der Waals surface area contributed by atoms with E-state index in [0.717, 1.165) is 4.57 Å². The fourth-order valence-corrected chi connectivity index (χ4v) is 2.52. The number of ether oxygens (including phenoxy) is 1. The van der Waals surface area contributed by atoms with Crippen LogP contribution in [0.25, 0.3) is 0 Å². The lowest BCUT2D eigenvalue weighted by Gasteiger charge is -2.19. The lowest BCUT2D eigenvalue weighted by atomic mass is 10.1. The number of aliphatic hydroxyl groups is 3. The third-order valence-electron chi connectivity index (χ3n) is 3.65. The van der Waals surface area contributed by atoms with Crippen molar-refractivity contribution in [1.29, 1.82) is 0 Å². The Kier molecular flexibility index (Phi) is 4.62. The van der Waals surface area contributed by atoms with Gasteiger partial charge in [0.25, 0.3) is 5.56 Å². The monoisotopic (exact) mass is 300 g/mol. The van der Waals surface area contributed by atoms with Crippen molar-refractivity contribution < 1.29 is 20.1 Å². The van der Waals surface area contributed by atoms with Crippen molar-refractivity contribution in [3.63, 3.8) is 0 Å². The van der Waals surface area contributed by atoms with Crippen LogP contribution < -0.4 is 11.2 Å². The van der Waals surface area contributed by atoms with Crippen LogP contribution in [-0.2, 0) is 11.3 Å². The molecule has 0 bridgehead atoms. The Labute approximate surface area is 120 Å². The normalized spacial score (nSPS) is 29.0. The Morgan fingerprint density at radius 1 is 1.29 bits per heavy atom. The molecule has 1 aromatic heterocycles. The summed E-state index contributed by atoms with van der Waals surface area (Å²) in [5.41, 5.74) is -0.689. The van der Waals surface area contributed by atoms with Crippen LogP contribution in [0, 0.1) is 6.92 Å². The van der Waals surface area contributed by atoms with E-state index in [0.29, 0.717) is 18.7 Å². The van der Waals surface area contributed by atoms with Gasteiger partial charge in [0.2, 0.25) is 0 Å². The van der Waals surface area contributed by atoms with Crippen LogP contribution in [0.3, 0.4) is 0 Å². The van der Waals surface area contributed by atoms with E-state index in [1.807, 2.05) is 6.92 Å². The maximum Gasteiger partial charge on any atom is 0.333 e. The molecule has 3 N–H and O–H groups in total. The minimum Gasteiger partial charge on any atom is -0.394 e. The topological polar surface area (TPSA) is 114 Å². The van der Waals surface area contributed by atoms with Gasteiger partial charge in [-0.2, -0.15) is 0 Å². The molecule has 8 nitrogen and oxygen atoms in total. The standard InChI is InChI=1S/C13H20N2O6/c1-3-4-14-7(2)5-9(17)15(13(14)20)12-11(19)10(18)8(6-16)21-12/h5,8,10-12,16,18-19H,3-4,6H2,1-2H3/t8-,10-,11-,12-/m1/s1. The average Bonchev–Trinajstić information content (AvgIpc) is 2.71. The van der Waals surface area contributed by atoms with Crippen molar-refractivity contribution in [2.45, 2.75) is 51.4 Å². The summed E-state index contributed by atoms with van der Waals surface area (Å²) in [4.78, 5) is 24.5. The Balaban J connectivity index is 2.52. The molecule has 2 rings (SSSR count). The van der Waals surface area contributed by atoms with Crippen molar-refractivity contribution >= 4 is 0 Å². The molecule has 21 heavy (non-hydrogen) atoms. The molecule has 2 heterocycles. The van der Waals surface area contributed by atoms with Gasteiger partial charge in [-0.05, 0) is 13.3 Å². The van der Waals surface area contributed by atoms with E-state index in [4.69, 9.17) is 9.84 Å². The van der Waals surface area contributed by atoms with E-state index in [2.05, 4.69) is 0 Å². The zero-order chi connectivity index (χ0) is 15.7. The second-order valence-corrected chi connectivity index (χ2v) is 5.16. The summed E-state index contributed by atoms with van der Waals surface area (Å²) in [5, 5.41) is 28.8. The van der Waals surface area contributed by atoms with Gasteiger partial charge in [0.15, 0.2) is 6.23 Å². The van der Waals surface area contributed by atoms with E-state index in [1.165, 1.54) is 10.6 Å². The van der Waals surface area contributed by atoms with E-state index >= 15 is 0 Å². The maximum absolute atomic E-state index is 12.4. The Hall–Kier alpha value is -1.48. The first kappa shape index (κ1) is 15.9. The van der Waals surface area contributed by atoms with Crippen molar-refractivity contribution in [1.82, 2.24) is 9.13 Å². The first-order chi connectivity index (χ1) is 9.92. The van der Waals surface area contributed by atoms with Crippen LogP contribution in [-0.4, -0.2) is 49.4 Å². The molecule has 0 unspecified atom stereocenters. The minimum atomic E-state index is -1.45. The molecule has 8 heteroatoms. The number of rotatable bonds is 4. The molecule has 0 aliphatic carbocycles. The number of hydrogen-bond acceptors (Lipinski definition) is 6. The Morgan fingerprint density at radius 2 is 1.95 bits per heavy atom. The second kappa shape index (κ2) is 6.10. The van der Waals surface area contributed by atoms with Crippen LogP contribution in [0.15, 0.2) is 15.7 Å². The molecule has 1 aliphatic heterocycles. The molecule has 1 saturated heterocycles. The third-order valence-corrected chi connectivity index (χ3v) is 3.65. The molecule has 0 radical (unpaired) electrons. The van der Waals surface area contributed by atoms with Crippen LogP contribution in [0.1, 0.15) is 25.3 Å². The van der Waals surface area contributed by atoms with Crippen LogP contribution in [0.2, 0.25) is 0 Å². The van der Waals surface area contributed by atoms with Gasteiger partial charge >= 0.3 is 5.69 Å². The largest absolute Gasteiger partial charge is 0.394 e. The number of hydrogen-bond donors (Lipinski definition) is 3. The zero-order valence-electron chi connectivity index (χ0n) is 12.0. The molecular formula is C13H20N2O6. The Morgan fingerprint density at radius 3 is 2.48 bits per heavy atom. The van der Waals surface area contributed by atoms with E-state index in [-0.39, 0.29) is 0 Å². The van der Waals surface area contributed by atoms with Crippen LogP contribution >= 0.6 is 0 Å². The summed E-state index contributed by atoms with van der Waals surface area (Å²) in [6, 6.07) is 1.28. The quantitative estimate of drug-likeness (QED) is 0.613. The number of nitrogens with zero attached hydrogens (tertiary/aromatic N) is 2. The highest BCUT2D eigenvalue weighted by molar-refractivity contribution is 5.02. The van der Waals surface area contributed by atoms with Gasteiger partial charge in [-0.25, -0.2) is 9.36 Å². The first-order valence-electron chi connectivity index (χ1n) is 6.87. The molecule has 0 amide bonds. The van der Waals surface area contributed by atoms with E-state index < -0.39 is 42.4 Å². The predicted molar refractivity (Wildman–Crippen MR) is 73.0 cm³/mol. The molecule has 1 fully saturated rings. The molecule has 0 saturated carbocycles. The van der Waals surface area contributed by atoms with Crippen molar-refractivity contribution in [3.8, 4) is 0 Å². The summed E-state index contributed by atoms with van der Waals surface area (Å²) in [5.74, 6) is 0. The minimum absolute atomic E-state index is 0.430. The molecule has 0 spiro atoms. The van der Waals surface area contributed by atoms with E-state index in [1.54, 1.807) is 6.92 Å². The molecule has 118 valence electrons. The highest BCUT2D eigenvalue weighted by atomic mass is 16.6. The lowest BCUT2D eigenvalue weighted by Crippen LogP contribution is -2.46. The van der Waals surface area contributed by atoms with Gasteiger partial charge in [0.1, 0.15) is 18.3 Å². The van der Waals surface area contributed by atoms with Gasteiger partial charge in [0, 0.05) is 18.3 Å². The van der Waals surface area contributed by atoms with Gasteiger partial charge in [-0.3, -0.25) is 9.36 Å². The van der Waals surface area contributed by atoms with Crippen molar-refractivity contribution in [2.24, 2.45) is 0 Å². The summed E-state index contributed by atoms with van der Waals surface area (Å²) in [7, 11) is 0. The fraction of sp³-hybridized carbons (Fsp3) is 0.692. The Bertz CT molecular complexity index is 622. The van der Waals surface area contributed by atoms with E-state index in [9.17, 15) is 19.8 Å². The molecular weight excluding hydrogens is 280 g/mol. The molecule has 1 aromatic rings. The third kappa shape index (κ3) is 2.67. The molecule has 1 aliphatic rings. The highest BCUT2D eigenvalue weighted by Crippen LogP contribution is 2.27. The smallest absolute Gasteiger partial charge is 0.333 e. The highest BCUT2D eigenvalue weighted by Gasteiger charge is 2.44. The first-order valence-corrected chi connectivity index (χ1v) is 6.87. The second-order valence-electron chi connectivity index (χ2n) is 5.16. The summed E-state index contributed by atoms with van der Waals surface area (Å²) < 4.78 is 7.45. The van der Waals surface area contributed by atoms with Gasteiger partial charge in [-0.1, -0.05) is 6.92 Å². The fourth-order valence-electron chi connectivity index (χ4n) is 2.52. The summed E-state index contributed by atoms with van der Waals surface area (Å²) in [6.45, 7) is 3.46. The van der Waals surface area contributed by atoms with Crippen molar-refractivity contribution in [3.05, 3.63) is 32.6 Å².